The molecule has 0 radical (unpaired) electrons. The van der Waals surface area contributed by atoms with Crippen molar-refractivity contribution in [2.24, 2.45) is 11.1 Å². The Morgan fingerprint density at radius 2 is 1.95 bits per heavy atom. The molecule has 1 aromatic heterocycles. The van der Waals surface area contributed by atoms with Gasteiger partial charge in [0, 0.05) is 38.2 Å². The van der Waals surface area contributed by atoms with Crippen LogP contribution in [0.5, 0.6) is 0 Å². The van der Waals surface area contributed by atoms with Gasteiger partial charge in [-0.3, -0.25) is 14.4 Å². The van der Waals surface area contributed by atoms with Crippen LogP contribution in [0.1, 0.15) is 26.5 Å². The number of nitrogens with zero attached hydrogens (tertiary/aromatic N) is 4. The zero-order chi connectivity index (χ0) is 29.8. The van der Waals surface area contributed by atoms with Gasteiger partial charge in [0.25, 0.3) is 5.91 Å². The molecule has 1 saturated heterocycles. The summed E-state index contributed by atoms with van der Waals surface area (Å²) < 4.78 is 20.2. The normalized spacial score (nSPS) is 22.0. The third-order valence-electron chi connectivity index (χ3n) is 5.33. The van der Waals surface area contributed by atoms with Crippen molar-refractivity contribution in [3.05, 3.63) is 22.8 Å². The Morgan fingerprint density at radius 1 is 1.27 bits per heavy atom. The van der Waals surface area contributed by atoms with Crippen LogP contribution in [-0.2, 0) is 38.2 Å². The van der Waals surface area contributed by atoms with Gasteiger partial charge in [0.1, 0.15) is 18.2 Å². The maximum absolute atomic E-state index is 13.0. The number of thioether (sulfide) groups is 1. The molecule has 4 N–H and O–H groups in total. The third-order valence-corrected chi connectivity index (χ3v) is 7.67. The number of carbonyl (C=O) groups is 5. The highest BCUT2D eigenvalue weighted by Gasteiger charge is 2.60. The van der Waals surface area contributed by atoms with Gasteiger partial charge in [-0.05, 0) is 13.8 Å². The van der Waals surface area contributed by atoms with Crippen LogP contribution < -0.4 is 11.1 Å². The second-order valence-corrected chi connectivity index (χ2v) is 11.1. The van der Waals surface area contributed by atoms with E-state index in [1.165, 1.54) is 37.0 Å². The molecule has 2 aliphatic heterocycles. The summed E-state index contributed by atoms with van der Waals surface area (Å²) >= 11 is 1.98. The SMILES string of the molecule is CC(C)OC(=O)OC(C)OC(=O)[C@@H]1C(=O)N2C=C(COC(=O)N(C)C)C(NC(=O)/C=N\O)(c3csc(N)n3)S[C@@H]12.Cl. The van der Waals surface area contributed by atoms with Crippen molar-refractivity contribution in [1.82, 2.24) is 20.1 Å². The first-order valence-corrected chi connectivity index (χ1v) is 13.4. The number of hydrogen-bond donors (Lipinski definition) is 3. The zero-order valence-electron chi connectivity index (χ0n) is 22.5. The molecule has 16 nitrogen and oxygen atoms in total. The summed E-state index contributed by atoms with van der Waals surface area (Å²) in [6.45, 7) is 4.10. The number of fused-ring (bicyclic) bond motifs is 1. The Morgan fingerprint density at radius 3 is 2.51 bits per heavy atom. The molecule has 19 heteroatoms. The average molecular weight is 637 g/mol. The number of oxime groups is 1. The van der Waals surface area contributed by atoms with Gasteiger partial charge in [-0.25, -0.2) is 14.6 Å². The number of amides is 3. The van der Waals surface area contributed by atoms with E-state index in [1.807, 2.05) is 0 Å². The lowest BCUT2D eigenvalue weighted by Gasteiger charge is -2.52. The minimum Gasteiger partial charge on any atom is -0.445 e. The number of nitrogens with one attached hydrogen (secondary N) is 1. The van der Waals surface area contributed by atoms with Crippen LogP contribution in [0.15, 0.2) is 22.3 Å². The summed E-state index contributed by atoms with van der Waals surface area (Å²) in [4.78, 5) is 67.6. The van der Waals surface area contributed by atoms with Gasteiger partial charge in [0.05, 0.1) is 11.8 Å². The second-order valence-electron chi connectivity index (χ2n) is 8.86. The van der Waals surface area contributed by atoms with Crippen LogP contribution in [-0.4, -0.2) is 94.7 Å². The number of nitrogen functional groups attached to an aromatic ring is 1. The number of carbonyl (C=O) groups excluding carboxylic acids is 5. The van der Waals surface area contributed by atoms with Crippen molar-refractivity contribution in [2.45, 2.75) is 43.4 Å². The van der Waals surface area contributed by atoms with E-state index in [2.05, 4.69) is 15.5 Å². The fourth-order valence-electron chi connectivity index (χ4n) is 3.61. The quantitative estimate of drug-likeness (QED) is 0.0512. The van der Waals surface area contributed by atoms with Crippen molar-refractivity contribution in [3.8, 4) is 0 Å². The fourth-order valence-corrected chi connectivity index (χ4v) is 5.95. The van der Waals surface area contributed by atoms with Crippen LogP contribution in [0.4, 0.5) is 14.7 Å². The number of halogens is 1. The van der Waals surface area contributed by atoms with E-state index in [-0.39, 0.29) is 28.8 Å². The maximum atomic E-state index is 13.0. The standard InChI is InChI=1S/C22H28N6O10S2.ClH/c1-10(2)36-21(33)38-11(3)37-18(31)15-16(30)28-7-12(8-35-20(32)27(4)5)22(40-17(15)28,26-14(29)6-24-34)13-9-39-19(23)25-13;/h6-7,9-11,15,17,34H,8H2,1-5H3,(H2,23,25)(H,26,29);1H/b24-6-;/t11?,15-,17+,22?;/m1./s1. The number of esters is 1. The van der Waals surface area contributed by atoms with E-state index < -0.39 is 65.2 Å². The second kappa shape index (κ2) is 13.7. The lowest BCUT2D eigenvalue weighted by molar-refractivity contribution is -0.182. The summed E-state index contributed by atoms with van der Waals surface area (Å²) in [6, 6.07) is 0. The Balaban J connectivity index is 0.00000588. The molecule has 4 atom stereocenters. The first-order valence-electron chi connectivity index (χ1n) is 11.6. The number of β-lactam (4-membered cyclic amide) rings is 1. The van der Waals surface area contributed by atoms with Crippen molar-refractivity contribution >= 4 is 76.9 Å². The smallest absolute Gasteiger partial charge is 0.445 e. The largest absolute Gasteiger partial charge is 0.511 e. The molecule has 3 rings (SSSR count). The van der Waals surface area contributed by atoms with Crippen molar-refractivity contribution in [2.75, 3.05) is 26.4 Å². The number of aromatic nitrogens is 1. The maximum Gasteiger partial charge on any atom is 0.511 e. The first kappa shape index (κ1) is 33.4. The van der Waals surface area contributed by atoms with Crippen LogP contribution in [0.2, 0.25) is 0 Å². The van der Waals surface area contributed by atoms with E-state index in [0.717, 1.165) is 23.1 Å². The van der Waals surface area contributed by atoms with Gasteiger partial charge in [0.2, 0.25) is 12.2 Å². The zero-order valence-corrected chi connectivity index (χ0v) is 24.9. The molecule has 0 bridgehead atoms. The molecule has 0 spiro atoms. The third kappa shape index (κ3) is 7.50. The van der Waals surface area contributed by atoms with Gasteiger partial charge in [-0.2, -0.15) is 0 Å². The topological polar surface area (TPSA) is 212 Å². The molecule has 0 aliphatic carbocycles. The van der Waals surface area contributed by atoms with Gasteiger partial charge in [-0.15, -0.1) is 23.7 Å². The van der Waals surface area contributed by atoms with E-state index in [4.69, 9.17) is 29.9 Å². The molecule has 3 heterocycles. The van der Waals surface area contributed by atoms with Gasteiger partial charge in [0.15, 0.2) is 15.9 Å². The summed E-state index contributed by atoms with van der Waals surface area (Å²) in [5.41, 5.74) is 6.25. The van der Waals surface area contributed by atoms with Crippen molar-refractivity contribution in [1.29, 1.82) is 0 Å². The number of anilines is 1. The Hall–Kier alpha value is -3.77. The molecule has 3 amide bonds. The van der Waals surface area contributed by atoms with Crippen LogP contribution in [0, 0.1) is 5.92 Å². The van der Waals surface area contributed by atoms with Crippen molar-refractivity contribution < 1.29 is 48.1 Å². The minimum absolute atomic E-state index is 0. The van der Waals surface area contributed by atoms with Gasteiger partial charge < -0.3 is 45.0 Å². The minimum atomic E-state index is -1.62. The fraction of sp³-hybridized carbons (Fsp3) is 0.500. The molecule has 41 heavy (non-hydrogen) atoms. The molecule has 2 aliphatic rings. The molecular formula is C22H29ClN6O10S2. The lowest BCUT2D eigenvalue weighted by atomic mass is 9.96. The predicted octanol–water partition coefficient (Wildman–Crippen LogP) is 1.44. The van der Waals surface area contributed by atoms with Crippen LogP contribution in [0.3, 0.4) is 0 Å². The van der Waals surface area contributed by atoms with Crippen LogP contribution in [0.25, 0.3) is 0 Å². The number of ether oxygens (including phenoxy) is 4. The van der Waals surface area contributed by atoms with Crippen LogP contribution >= 0.6 is 35.5 Å². The molecule has 0 aromatic carbocycles. The van der Waals surface area contributed by atoms with E-state index in [9.17, 15) is 24.0 Å². The number of hydrogen-bond acceptors (Lipinski definition) is 15. The highest BCUT2D eigenvalue weighted by molar-refractivity contribution is 8.01. The van der Waals surface area contributed by atoms with E-state index in [0.29, 0.717) is 6.21 Å². The molecule has 0 saturated carbocycles. The highest BCUT2D eigenvalue weighted by atomic mass is 35.5. The van der Waals surface area contributed by atoms with Gasteiger partial charge >= 0.3 is 18.2 Å². The number of thiazole rings is 1. The van der Waals surface area contributed by atoms with Crippen molar-refractivity contribution in [3.63, 3.8) is 0 Å². The molecule has 1 aromatic rings. The van der Waals surface area contributed by atoms with E-state index >= 15 is 0 Å². The Kier molecular flexibility index (Phi) is 11.2. The lowest BCUT2D eigenvalue weighted by Crippen LogP contribution is -2.65. The monoisotopic (exact) mass is 636 g/mol. The molecule has 226 valence electrons. The summed E-state index contributed by atoms with van der Waals surface area (Å²) in [5, 5.41) is 15.1. The van der Waals surface area contributed by atoms with Gasteiger partial charge in [-0.1, -0.05) is 16.9 Å². The summed E-state index contributed by atoms with van der Waals surface area (Å²) in [6.07, 6.45) is -1.66. The predicted molar refractivity (Wildman–Crippen MR) is 147 cm³/mol. The Labute approximate surface area is 248 Å². The molecule has 1 fully saturated rings. The Bertz CT molecular complexity index is 1240. The number of rotatable bonds is 9. The summed E-state index contributed by atoms with van der Waals surface area (Å²) in [5.74, 6) is -3.87. The van der Waals surface area contributed by atoms with E-state index in [1.54, 1.807) is 19.2 Å². The summed E-state index contributed by atoms with van der Waals surface area (Å²) in [7, 11) is 2.94. The number of nitrogens with two attached hydrogens (primary N) is 1. The molecular weight excluding hydrogens is 608 g/mol. The highest BCUT2D eigenvalue weighted by Crippen LogP contribution is 2.53. The average Bonchev–Trinajstić information content (AvgIpc) is 3.28. The molecule has 2 unspecified atom stereocenters. The first-order chi connectivity index (χ1) is 18.8.